The monoisotopic (exact) mass is 445 g/mol. The molecule has 28 heavy (non-hydrogen) atoms. The third kappa shape index (κ3) is 5.01. The molecule has 1 aliphatic rings. The molecule has 0 saturated heterocycles. The van der Waals surface area contributed by atoms with E-state index in [1.807, 2.05) is 57.1 Å². The fourth-order valence-corrected chi connectivity index (χ4v) is 3.98. The minimum Gasteiger partial charge on any atom is -0.362 e. The predicted molar refractivity (Wildman–Crippen MR) is 117 cm³/mol. The Morgan fingerprint density at radius 1 is 1.11 bits per heavy atom. The molecule has 1 heterocycles. The second-order valence-corrected chi connectivity index (χ2v) is 8.57. The molecule has 0 aliphatic heterocycles. The number of carbonyl (C=O) groups is 1. The van der Waals surface area contributed by atoms with Gasteiger partial charge >= 0.3 is 0 Å². The molecule has 3 rings (SSSR count). The molecule has 0 unspecified atom stereocenters. The van der Waals surface area contributed by atoms with Gasteiger partial charge in [0, 0.05) is 47.5 Å². The molecule has 2 N–H and O–H groups in total. The van der Waals surface area contributed by atoms with Gasteiger partial charge in [-0.05, 0) is 57.7 Å². The van der Waals surface area contributed by atoms with Gasteiger partial charge < -0.3 is 15.5 Å². The lowest BCUT2D eigenvalue weighted by molar-refractivity contribution is 0.0926. The van der Waals surface area contributed by atoms with Crippen LogP contribution in [0.5, 0.6) is 0 Å². The van der Waals surface area contributed by atoms with Crippen LogP contribution in [0.1, 0.15) is 47.3 Å². The highest BCUT2D eigenvalue weighted by atomic mass is 79.9. The van der Waals surface area contributed by atoms with Crippen molar-refractivity contribution in [1.29, 1.82) is 0 Å². The van der Waals surface area contributed by atoms with E-state index in [9.17, 15) is 4.79 Å². The van der Waals surface area contributed by atoms with Crippen molar-refractivity contribution >= 4 is 33.6 Å². The highest BCUT2D eigenvalue weighted by Crippen LogP contribution is 2.24. The van der Waals surface area contributed by atoms with Crippen molar-refractivity contribution < 1.29 is 4.79 Å². The highest BCUT2D eigenvalue weighted by Gasteiger charge is 2.24. The number of hydrogen-bond acceptors (Lipinski definition) is 5. The molecule has 2 aromatic rings. The molecule has 1 aromatic carbocycles. The lowest BCUT2D eigenvalue weighted by Crippen LogP contribution is -2.40. The van der Waals surface area contributed by atoms with E-state index in [0.29, 0.717) is 17.6 Å². The summed E-state index contributed by atoms with van der Waals surface area (Å²) in [6.45, 7) is 4.07. The van der Waals surface area contributed by atoms with Gasteiger partial charge in [0.05, 0.1) is 0 Å². The zero-order valence-corrected chi connectivity index (χ0v) is 18.5. The Kier molecular flexibility index (Phi) is 6.54. The smallest absolute Gasteiger partial charge is 0.251 e. The second-order valence-electron chi connectivity index (χ2n) is 7.65. The molecule has 0 radical (unpaired) electrons. The minimum atomic E-state index is -0.00849. The van der Waals surface area contributed by atoms with E-state index >= 15 is 0 Å². The van der Waals surface area contributed by atoms with E-state index in [1.54, 1.807) is 0 Å². The molecule has 1 aromatic heterocycles. The maximum atomic E-state index is 12.4. The Morgan fingerprint density at radius 3 is 2.43 bits per heavy atom. The van der Waals surface area contributed by atoms with Gasteiger partial charge in [-0.15, -0.1) is 0 Å². The van der Waals surface area contributed by atoms with E-state index in [4.69, 9.17) is 0 Å². The quantitative estimate of drug-likeness (QED) is 0.725. The van der Waals surface area contributed by atoms with Crippen molar-refractivity contribution in [2.75, 3.05) is 24.3 Å². The summed E-state index contributed by atoms with van der Waals surface area (Å²) in [7, 11) is 4.00. The number of carbonyl (C=O) groups excluding carboxylic acids is 1. The maximum Gasteiger partial charge on any atom is 0.251 e. The maximum absolute atomic E-state index is 12.4. The zero-order valence-electron chi connectivity index (χ0n) is 16.9. The second kappa shape index (κ2) is 8.90. The van der Waals surface area contributed by atoms with Gasteiger partial charge in [-0.2, -0.15) is 4.98 Å². The van der Waals surface area contributed by atoms with Gasteiger partial charge in [0.25, 0.3) is 5.91 Å². The Balaban J connectivity index is 1.55. The minimum absolute atomic E-state index is 0.00849. The van der Waals surface area contributed by atoms with Gasteiger partial charge in [-0.1, -0.05) is 22.0 Å². The first-order chi connectivity index (χ1) is 13.3. The van der Waals surface area contributed by atoms with Crippen LogP contribution in [0.3, 0.4) is 0 Å². The predicted octanol–water partition coefficient (Wildman–Crippen LogP) is 4.08. The molecule has 0 spiro atoms. The van der Waals surface area contributed by atoms with Crippen LogP contribution in [0.25, 0.3) is 0 Å². The standard InChI is InChI=1S/C21H28BrN5O/c1-13-14(2)23-21(26-19(13)27(3)4)25-18-10-8-17(9-11-18)24-20(28)15-6-5-7-16(22)12-15/h5-7,12,17-18H,8-11H2,1-4H3,(H,24,28)(H,23,25,26)/t17-,18+. The van der Waals surface area contributed by atoms with Crippen LogP contribution in [0.2, 0.25) is 0 Å². The number of aryl methyl sites for hydroxylation is 1. The molecule has 0 atom stereocenters. The van der Waals surface area contributed by atoms with Crippen LogP contribution in [0.4, 0.5) is 11.8 Å². The third-order valence-corrected chi connectivity index (χ3v) is 5.76. The average molecular weight is 446 g/mol. The number of hydrogen-bond donors (Lipinski definition) is 2. The highest BCUT2D eigenvalue weighted by molar-refractivity contribution is 9.10. The Bertz CT molecular complexity index is 847. The molecular formula is C21H28BrN5O. The van der Waals surface area contributed by atoms with E-state index in [0.717, 1.165) is 47.2 Å². The van der Waals surface area contributed by atoms with Crippen molar-refractivity contribution in [2.24, 2.45) is 0 Å². The lowest BCUT2D eigenvalue weighted by atomic mass is 9.91. The molecule has 1 saturated carbocycles. The number of benzene rings is 1. The van der Waals surface area contributed by atoms with E-state index in [-0.39, 0.29) is 11.9 Å². The van der Waals surface area contributed by atoms with Crippen molar-refractivity contribution in [1.82, 2.24) is 15.3 Å². The van der Waals surface area contributed by atoms with Crippen molar-refractivity contribution in [3.8, 4) is 0 Å². The first kappa shape index (κ1) is 20.6. The summed E-state index contributed by atoms with van der Waals surface area (Å²) in [5.41, 5.74) is 2.79. The molecule has 1 aliphatic carbocycles. The van der Waals surface area contributed by atoms with Gasteiger partial charge in [-0.25, -0.2) is 4.98 Å². The number of halogens is 1. The number of anilines is 2. The molecular weight excluding hydrogens is 418 g/mol. The first-order valence-electron chi connectivity index (χ1n) is 9.69. The Morgan fingerprint density at radius 2 is 1.79 bits per heavy atom. The average Bonchev–Trinajstić information content (AvgIpc) is 2.66. The van der Waals surface area contributed by atoms with E-state index in [1.165, 1.54) is 0 Å². The van der Waals surface area contributed by atoms with Gasteiger partial charge in [0.2, 0.25) is 5.95 Å². The molecule has 150 valence electrons. The van der Waals surface area contributed by atoms with Crippen LogP contribution in [0, 0.1) is 13.8 Å². The number of amides is 1. The molecule has 1 amide bonds. The number of nitrogens with one attached hydrogen (secondary N) is 2. The van der Waals surface area contributed by atoms with Gasteiger partial charge in [0.1, 0.15) is 5.82 Å². The Labute approximate surface area is 175 Å². The SMILES string of the molecule is Cc1nc(N[C@H]2CC[C@@H](NC(=O)c3cccc(Br)c3)CC2)nc(N(C)C)c1C. The zero-order chi connectivity index (χ0) is 20.3. The normalized spacial score (nSPS) is 19.2. The van der Waals surface area contributed by atoms with Crippen LogP contribution in [-0.2, 0) is 0 Å². The number of aromatic nitrogens is 2. The molecule has 7 heteroatoms. The van der Waals surface area contributed by atoms with E-state index < -0.39 is 0 Å². The van der Waals surface area contributed by atoms with Crippen molar-refractivity contribution in [3.63, 3.8) is 0 Å². The summed E-state index contributed by atoms with van der Waals surface area (Å²) in [5.74, 6) is 1.63. The number of nitrogens with zero attached hydrogens (tertiary/aromatic N) is 3. The lowest BCUT2D eigenvalue weighted by Gasteiger charge is -2.30. The number of rotatable bonds is 5. The third-order valence-electron chi connectivity index (χ3n) is 5.27. The largest absolute Gasteiger partial charge is 0.362 e. The van der Waals surface area contributed by atoms with E-state index in [2.05, 4.69) is 36.5 Å². The summed E-state index contributed by atoms with van der Waals surface area (Å²) in [5, 5.41) is 6.65. The van der Waals surface area contributed by atoms with Crippen LogP contribution in [0.15, 0.2) is 28.7 Å². The topological polar surface area (TPSA) is 70.1 Å². The summed E-state index contributed by atoms with van der Waals surface area (Å²) >= 11 is 3.42. The van der Waals surface area contributed by atoms with Gasteiger partial charge in [-0.3, -0.25) is 4.79 Å². The summed E-state index contributed by atoms with van der Waals surface area (Å²) in [6, 6.07) is 8.03. The van der Waals surface area contributed by atoms with Gasteiger partial charge in [0.15, 0.2) is 0 Å². The summed E-state index contributed by atoms with van der Waals surface area (Å²) in [4.78, 5) is 23.7. The summed E-state index contributed by atoms with van der Waals surface area (Å²) in [6.07, 6.45) is 3.86. The van der Waals surface area contributed by atoms with Crippen LogP contribution in [-0.4, -0.2) is 42.1 Å². The van der Waals surface area contributed by atoms with Crippen molar-refractivity contribution in [3.05, 3.63) is 45.6 Å². The van der Waals surface area contributed by atoms with Crippen molar-refractivity contribution in [2.45, 2.75) is 51.6 Å². The van der Waals surface area contributed by atoms with Crippen LogP contribution >= 0.6 is 15.9 Å². The molecule has 6 nitrogen and oxygen atoms in total. The van der Waals surface area contributed by atoms with Crippen LogP contribution < -0.4 is 15.5 Å². The fourth-order valence-electron chi connectivity index (χ4n) is 3.58. The molecule has 1 fully saturated rings. The first-order valence-corrected chi connectivity index (χ1v) is 10.5. The molecule has 0 bridgehead atoms. The Hall–Kier alpha value is -2.15. The summed E-state index contributed by atoms with van der Waals surface area (Å²) < 4.78 is 0.915. The fraction of sp³-hybridized carbons (Fsp3) is 0.476.